The smallest absolute Gasteiger partial charge is 0.414 e. The van der Waals surface area contributed by atoms with E-state index in [1.807, 2.05) is 30.3 Å². The van der Waals surface area contributed by atoms with Crippen LogP contribution in [0.4, 0.5) is 0 Å². The molecule has 0 bridgehead atoms. The van der Waals surface area contributed by atoms with Gasteiger partial charge in [0.15, 0.2) is 0 Å². The number of hydrogen-bond donors (Lipinski definition) is 3. The third-order valence-electron chi connectivity index (χ3n) is 5.03. The third-order valence-corrected chi connectivity index (χ3v) is 5.77. The summed E-state index contributed by atoms with van der Waals surface area (Å²) in [5, 5.41) is 19.0. The van der Waals surface area contributed by atoms with Crippen molar-refractivity contribution < 1.29 is 34.1 Å². The van der Waals surface area contributed by atoms with Crippen LogP contribution in [0.15, 0.2) is 42.5 Å². The maximum absolute atomic E-state index is 13.1. The van der Waals surface area contributed by atoms with Crippen LogP contribution in [0.25, 0.3) is 0 Å². The van der Waals surface area contributed by atoms with Crippen molar-refractivity contribution in [3.63, 3.8) is 0 Å². The Morgan fingerprint density at radius 2 is 1.56 bits per heavy atom. The molecule has 1 saturated heterocycles. The number of nitrogens with one attached hydrogen (secondary N) is 1. The molecule has 2 aromatic rings. The normalized spacial score (nSPS) is 14.5. The lowest BCUT2D eigenvalue weighted by molar-refractivity contribution is -0.159. The topological polar surface area (TPSA) is 122 Å². The highest BCUT2D eigenvalue weighted by Gasteiger charge is 2.43. The van der Waals surface area contributed by atoms with E-state index in [1.165, 1.54) is 0 Å². The van der Waals surface area contributed by atoms with Crippen LogP contribution in [0.5, 0.6) is 5.75 Å². The van der Waals surface area contributed by atoms with Gasteiger partial charge in [0, 0.05) is 0 Å². The van der Waals surface area contributed by atoms with Crippen LogP contribution in [0.2, 0.25) is 10.0 Å². The summed E-state index contributed by atoms with van der Waals surface area (Å²) in [5.74, 6) is -3.11. The Bertz CT molecular complexity index is 945. The molecule has 10 heteroatoms. The summed E-state index contributed by atoms with van der Waals surface area (Å²) in [4.78, 5) is 31.3. The molecule has 1 aliphatic rings. The molecular weight excluding hydrogens is 461 g/mol. The van der Waals surface area contributed by atoms with Crippen LogP contribution in [0.1, 0.15) is 24.0 Å². The molecule has 0 saturated carbocycles. The zero-order chi connectivity index (χ0) is 23.7. The Morgan fingerprint density at radius 1 is 0.969 bits per heavy atom. The number of esters is 1. The summed E-state index contributed by atoms with van der Waals surface area (Å²) >= 11 is 12.2. The van der Waals surface area contributed by atoms with Gasteiger partial charge in [-0.1, -0.05) is 41.4 Å². The lowest BCUT2D eigenvalue weighted by Crippen LogP contribution is -2.46. The average Bonchev–Trinajstić information content (AvgIpc) is 2.80. The largest absolute Gasteiger partial charge is 0.497 e. The zero-order valence-corrected chi connectivity index (χ0v) is 18.8. The second kappa shape index (κ2) is 11.7. The average molecular weight is 484 g/mol. The van der Waals surface area contributed by atoms with E-state index in [-0.39, 0.29) is 12.6 Å². The van der Waals surface area contributed by atoms with Crippen LogP contribution >= 0.6 is 23.2 Å². The first-order valence-corrected chi connectivity index (χ1v) is 10.4. The second-order valence-corrected chi connectivity index (χ2v) is 7.81. The highest BCUT2D eigenvalue weighted by Crippen LogP contribution is 2.38. The van der Waals surface area contributed by atoms with Crippen molar-refractivity contribution in [2.24, 2.45) is 0 Å². The van der Waals surface area contributed by atoms with Gasteiger partial charge in [0.25, 0.3) is 0 Å². The summed E-state index contributed by atoms with van der Waals surface area (Å²) in [7, 11) is 1.62. The molecule has 8 nitrogen and oxygen atoms in total. The molecule has 0 atom stereocenters. The predicted molar refractivity (Wildman–Crippen MR) is 118 cm³/mol. The van der Waals surface area contributed by atoms with Gasteiger partial charge in [-0.05, 0) is 61.3 Å². The number of aliphatic carboxylic acids is 2. The maximum atomic E-state index is 13.1. The minimum Gasteiger partial charge on any atom is -0.497 e. The van der Waals surface area contributed by atoms with Gasteiger partial charge in [0.05, 0.1) is 22.6 Å². The Kier molecular flexibility index (Phi) is 9.31. The Balaban J connectivity index is 0.000000534. The number of carbonyl (C=O) groups excluding carboxylic acids is 1. The molecule has 2 aromatic carbocycles. The molecule has 172 valence electrons. The number of rotatable bonds is 5. The van der Waals surface area contributed by atoms with Crippen LogP contribution in [0, 0.1) is 0 Å². The van der Waals surface area contributed by atoms with Gasteiger partial charge in [-0.25, -0.2) is 9.59 Å². The van der Waals surface area contributed by atoms with Crippen molar-refractivity contribution in [1.29, 1.82) is 0 Å². The first kappa shape index (κ1) is 25.5. The molecular formula is C22H23Cl2NO7. The van der Waals surface area contributed by atoms with E-state index < -0.39 is 17.4 Å². The number of halogens is 2. The maximum Gasteiger partial charge on any atom is 0.414 e. The molecule has 1 aliphatic heterocycles. The van der Waals surface area contributed by atoms with E-state index in [1.54, 1.807) is 19.2 Å². The monoisotopic (exact) mass is 483 g/mol. The molecule has 0 spiro atoms. The van der Waals surface area contributed by atoms with Crippen LogP contribution in [0.3, 0.4) is 0 Å². The van der Waals surface area contributed by atoms with Gasteiger partial charge >= 0.3 is 17.9 Å². The summed E-state index contributed by atoms with van der Waals surface area (Å²) in [6.45, 7) is 1.72. The number of ether oxygens (including phenoxy) is 2. The second-order valence-electron chi connectivity index (χ2n) is 7.00. The van der Waals surface area contributed by atoms with E-state index in [0.29, 0.717) is 22.9 Å². The van der Waals surface area contributed by atoms with E-state index >= 15 is 0 Å². The number of carbonyl (C=O) groups is 3. The SMILES string of the molecule is COc1ccc(COC(=O)C2(c3ccc(Cl)c(Cl)c3)CCNCC2)cc1.O=C(O)C(=O)O. The standard InChI is InChI=1S/C20H21Cl2NO3.C2H2O4/c1-25-16-5-2-14(3-6-16)13-26-19(24)20(8-10-23-11-9-20)15-4-7-17(21)18(22)12-15;3-1(4)2(5)6/h2-7,12,23H,8-11,13H2,1H3;(H,3,4)(H,5,6). The molecule has 3 rings (SSSR count). The molecule has 1 fully saturated rings. The first-order valence-electron chi connectivity index (χ1n) is 9.62. The third kappa shape index (κ3) is 6.59. The van der Waals surface area contributed by atoms with E-state index in [9.17, 15) is 4.79 Å². The summed E-state index contributed by atoms with van der Waals surface area (Å²) in [6, 6.07) is 12.9. The Morgan fingerprint density at radius 3 is 2.06 bits per heavy atom. The number of hydrogen-bond acceptors (Lipinski definition) is 6. The number of methoxy groups -OCH3 is 1. The Hall–Kier alpha value is -2.81. The molecule has 32 heavy (non-hydrogen) atoms. The quantitative estimate of drug-likeness (QED) is 0.436. The van der Waals surface area contributed by atoms with Crippen molar-refractivity contribution in [3.05, 3.63) is 63.6 Å². The van der Waals surface area contributed by atoms with E-state index in [4.69, 9.17) is 52.5 Å². The highest BCUT2D eigenvalue weighted by atomic mass is 35.5. The minimum absolute atomic E-state index is 0.222. The fourth-order valence-corrected chi connectivity index (χ4v) is 3.56. The summed E-state index contributed by atoms with van der Waals surface area (Å²) < 4.78 is 10.8. The summed E-state index contributed by atoms with van der Waals surface area (Å²) in [6.07, 6.45) is 1.32. The molecule has 0 amide bonds. The minimum atomic E-state index is -1.82. The van der Waals surface area contributed by atoms with Crippen LogP contribution in [-0.2, 0) is 31.1 Å². The molecule has 0 unspecified atom stereocenters. The Labute approximate surface area is 195 Å². The van der Waals surface area contributed by atoms with Gasteiger partial charge < -0.3 is 25.0 Å². The van der Waals surface area contributed by atoms with Crippen LogP contribution in [-0.4, -0.2) is 48.3 Å². The van der Waals surface area contributed by atoms with Gasteiger partial charge in [0.1, 0.15) is 12.4 Å². The first-order chi connectivity index (χ1) is 15.2. The number of carboxylic acid groups (broad SMARTS) is 2. The van der Waals surface area contributed by atoms with Crippen molar-refractivity contribution in [1.82, 2.24) is 5.32 Å². The van der Waals surface area contributed by atoms with Gasteiger partial charge in [-0.3, -0.25) is 4.79 Å². The number of benzene rings is 2. The fraction of sp³-hybridized carbons (Fsp3) is 0.318. The highest BCUT2D eigenvalue weighted by molar-refractivity contribution is 6.42. The fourth-order valence-electron chi connectivity index (χ4n) is 3.27. The summed E-state index contributed by atoms with van der Waals surface area (Å²) in [5.41, 5.74) is 1.07. The van der Waals surface area contributed by atoms with Crippen molar-refractivity contribution in [2.45, 2.75) is 24.9 Å². The lowest BCUT2D eigenvalue weighted by atomic mass is 9.73. The predicted octanol–water partition coefficient (Wildman–Crippen LogP) is 3.52. The lowest BCUT2D eigenvalue weighted by Gasteiger charge is -2.36. The van der Waals surface area contributed by atoms with Crippen molar-refractivity contribution >= 4 is 41.1 Å². The molecule has 0 aliphatic carbocycles. The van der Waals surface area contributed by atoms with Gasteiger partial charge in [0.2, 0.25) is 0 Å². The number of piperidine rings is 1. The molecule has 3 N–H and O–H groups in total. The van der Waals surface area contributed by atoms with Gasteiger partial charge in [-0.15, -0.1) is 0 Å². The number of carboxylic acids is 2. The van der Waals surface area contributed by atoms with E-state index in [2.05, 4.69) is 5.32 Å². The van der Waals surface area contributed by atoms with Crippen LogP contribution < -0.4 is 10.1 Å². The molecule has 1 heterocycles. The molecule has 0 aromatic heterocycles. The van der Waals surface area contributed by atoms with Gasteiger partial charge in [-0.2, -0.15) is 0 Å². The van der Waals surface area contributed by atoms with E-state index in [0.717, 1.165) is 30.0 Å². The van der Waals surface area contributed by atoms with Crippen molar-refractivity contribution in [3.8, 4) is 5.75 Å². The van der Waals surface area contributed by atoms with Crippen molar-refractivity contribution in [2.75, 3.05) is 20.2 Å². The molecule has 0 radical (unpaired) electrons. The zero-order valence-electron chi connectivity index (χ0n) is 17.3.